The number of aliphatic imine (C=N–C) groups is 1. The zero-order valence-corrected chi connectivity index (χ0v) is 15.7. The number of piperidine rings is 1. The maximum absolute atomic E-state index is 4.35. The summed E-state index contributed by atoms with van der Waals surface area (Å²) in [5.74, 6) is 0.881. The van der Waals surface area contributed by atoms with Gasteiger partial charge in [0.05, 0.1) is 0 Å². The van der Waals surface area contributed by atoms with Crippen LogP contribution in [0.4, 0.5) is 0 Å². The number of nitrogens with zero attached hydrogens (tertiary/aromatic N) is 3. The largest absolute Gasteiger partial charge is 0.356 e. The van der Waals surface area contributed by atoms with Crippen LogP contribution in [0.1, 0.15) is 44.2 Å². The van der Waals surface area contributed by atoms with Gasteiger partial charge in [0.2, 0.25) is 0 Å². The van der Waals surface area contributed by atoms with Crippen molar-refractivity contribution in [2.24, 2.45) is 4.99 Å². The summed E-state index contributed by atoms with van der Waals surface area (Å²) in [5.41, 5.74) is 2.73. The second kappa shape index (κ2) is 9.02. The lowest BCUT2D eigenvalue weighted by molar-refractivity contribution is 0.0982. The molecule has 1 aromatic heterocycles. The minimum Gasteiger partial charge on any atom is -0.356 e. The van der Waals surface area contributed by atoms with E-state index in [4.69, 9.17) is 0 Å². The van der Waals surface area contributed by atoms with Crippen molar-refractivity contribution in [1.29, 1.82) is 0 Å². The van der Waals surface area contributed by atoms with E-state index in [0.717, 1.165) is 25.5 Å². The zero-order chi connectivity index (χ0) is 17.4. The van der Waals surface area contributed by atoms with Gasteiger partial charge in [-0.05, 0) is 70.3 Å². The Balaban J connectivity index is 1.76. The monoisotopic (exact) mass is 331 g/mol. The van der Waals surface area contributed by atoms with Crippen molar-refractivity contribution in [2.75, 3.05) is 33.2 Å². The molecule has 1 aromatic rings. The smallest absolute Gasteiger partial charge is 0.191 e. The first-order valence-electron chi connectivity index (χ1n) is 9.12. The van der Waals surface area contributed by atoms with E-state index in [9.17, 15) is 0 Å². The molecule has 5 nitrogen and oxygen atoms in total. The van der Waals surface area contributed by atoms with Crippen LogP contribution in [0.3, 0.4) is 0 Å². The minimum absolute atomic E-state index is 0.153. The fourth-order valence-electron chi connectivity index (χ4n) is 3.23. The number of hydrogen-bond acceptors (Lipinski definition) is 3. The van der Waals surface area contributed by atoms with Crippen LogP contribution >= 0.6 is 0 Å². The van der Waals surface area contributed by atoms with Crippen molar-refractivity contribution in [2.45, 2.75) is 52.0 Å². The molecule has 2 heterocycles. The van der Waals surface area contributed by atoms with Crippen LogP contribution in [0.25, 0.3) is 0 Å². The molecular weight excluding hydrogens is 298 g/mol. The average molecular weight is 332 g/mol. The SMILES string of the molecule is CN=C(NCCc1ccncc1C)NCC(C)(C)N1CCCCC1. The van der Waals surface area contributed by atoms with Gasteiger partial charge in [-0.3, -0.25) is 14.9 Å². The molecular formula is C19H33N5. The first-order chi connectivity index (χ1) is 11.5. The molecule has 0 amide bonds. The third-order valence-electron chi connectivity index (χ3n) is 4.95. The molecule has 0 unspecified atom stereocenters. The van der Waals surface area contributed by atoms with Crippen molar-refractivity contribution in [3.05, 3.63) is 29.6 Å². The molecule has 0 atom stereocenters. The molecule has 5 heteroatoms. The van der Waals surface area contributed by atoms with Gasteiger partial charge >= 0.3 is 0 Å². The first-order valence-corrected chi connectivity index (χ1v) is 9.12. The van der Waals surface area contributed by atoms with E-state index in [-0.39, 0.29) is 5.54 Å². The third-order valence-corrected chi connectivity index (χ3v) is 4.95. The lowest BCUT2D eigenvalue weighted by atomic mass is 9.98. The lowest BCUT2D eigenvalue weighted by Gasteiger charge is -2.41. The molecule has 0 radical (unpaired) electrons. The fraction of sp³-hybridized carbons (Fsp3) is 0.684. The Morgan fingerprint density at radius 2 is 2.00 bits per heavy atom. The molecule has 2 N–H and O–H groups in total. The topological polar surface area (TPSA) is 52.6 Å². The van der Waals surface area contributed by atoms with Gasteiger partial charge in [0.25, 0.3) is 0 Å². The summed E-state index contributed by atoms with van der Waals surface area (Å²) in [7, 11) is 1.83. The number of pyridine rings is 1. The highest BCUT2D eigenvalue weighted by Gasteiger charge is 2.27. The van der Waals surface area contributed by atoms with E-state index in [2.05, 4.69) is 52.3 Å². The van der Waals surface area contributed by atoms with Gasteiger partial charge in [0.1, 0.15) is 0 Å². The van der Waals surface area contributed by atoms with Crippen LogP contribution in [-0.2, 0) is 6.42 Å². The zero-order valence-electron chi connectivity index (χ0n) is 15.7. The maximum atomic E-state index is 4.35. The van der Waals surface area contributed by atoms with Crippen LogP contribution in [0.5, 0.6) is 0 Å². The summed E-state index contributed by atoms with van der Waals surface area (Å²) in [6.07, 6.45) is 8.77. The predicted molar refractivity (Wildman–Crippen MR) is 102 cm³/mol. The minimum atomic E-state index is 0.153. The van der Waals surface area contributed by atoms with E-state index in [1.54, 1.807) is 0 Å². The molecule has 2 rings (SSSR count). The van der Waals surface area contributed by atoms with Gasteiger partial charge in [0, 0.05) is 38.1 Å². The van der Waals surface area contributed by atoms with Crippen LogP contribution in [-0.4, -0.2) is 54.6 Å². The van der Waals surface area contributed by atoms with Crippen molar-refractivity contribution < 1.29 is 0 Å². The van der Waals surface area contributed by atoms with Crippen LogP contribution < -0.4 is 10.6 Å². The summed E-state index contributed by atoms with van der Waals surface area (Å²) in [5, 5.41) is 6.91. The number of hydrogen-bond donors (Lipinski definition) is 2. The second-order valence-electron chi connectivity index (χ2n) is 7.26. The number of aromatic nitrogens is 1. The van der Waals surface area contributed by atoms with E-state index in [1.165, 1.54) is 43.5 Å². The van der Waals surface area contributed by atoms with E-state index < -0.39 is 0 Å². The molecule has 1 saturated heterocycles. The summed E-state index contributed by atoms with van der Waals surface area (Å²) in [6, 6.07) is 2.09. The van der Waals surface area contributed by atoms with E-state index in [0.29, 0.717) is 0 Å². The van der Waals surface area contributed by atoms with Crippen molar-refractivity contribution >= 4 is 5.96 Å². The Bertz CT molecular complexity index is 532. The van der Waals surface area contributed by atoms with Crippen molar-refractivity contribution in [1.82, 2.24) is 20.5 Å². The molecule has 1 aliphatic rings. The Kier molecular flexibility index (Phi) is 7.03. The highest BCUT2D eigenvalue weighted by molar-refractivity contribution is 5.79. The first kappa shape index (κ1) is 18.7. The maximum Gasteiger partial charge on any atom is 0.191 e. The number of likely N-dealkylation sites (tertiary alicyclic amines) is 1. The Labute approximate surface area is 147 Å². The highest BCUT2D eigenvalue weighted by atomic mass is 15.2. The molecule has 0 aliphatic carbocycles. The molecule has 1 fully saturated rings. The number of nitrogens with one attached hydrogen (secondary N) is 2. The Morgan fingerprint density at radius 3 is 2.67 bits per heavy atom. The standard InChI is InChI=1S/C19H33N5/c1-16-14-21-10-8-17(16)9-11-22-18(20-4)23-15-19(2,3)24-12-6-5-7-13-24/h8,10,14H,5-7,9,11-13,15H2,1-4H3,(H2,20,22,23). The van der Waals surface area contributed by atoms with E-state index >= 15 is 0 Å². The molecule has 1 aliphatic heterocycles. The lowest BCUT2D eigenvalue weighted by Crippen LogP contribution is -2.55. The van der Waals surface area contributed by atoms with Crippen LogP contribution in [0, 0.1) is 6.92 Å². The summed E-state index contributed by atoms with van der Waals surface area (Å²) in [4.78, 5) is 11.1. The number of guanidine groups is 1. The molecule has 0 aromatic carbocycles. The summed E-state index contributed by atoms with van der Waals surface area (Å²) < 4.78 is 0. The molecule has 24 heavy (non-hydrogen) atoms. The average Bonchev–Trinajstić information content (AvgIpc) is 2.60. The van der Waals surface area contributed by atoms with Gasteiger partial charge in [-0.1, -0.05) is 6.42 Å². The van der Waals surface area contributed by atoms with Gasteiger partial charge in [-0.25, -0.2) is 0 Å². The summed E-state index contributed by atoms with van der Waals surface area (Å²) >= 11 is 0. The van der Waals surface area contributed by atoms with Crippen molar-refractivity contribution in [3.8, 4) is 0 Å². The normalized spacial score (nSPS) is 16.9. The second-order valence-corrected chi connectivity index (χ2v) is 7.26. The molecule has 0 spiro atoms. The fourth-order valence-corrected chi connectivity index (χ4v) is 3.23. The number of rotatable bonds is 6. The van der Waals surface area contributed by atoms with Crippen molar-refractivity contribution in [3.63, 3.8) is 0 Å². The van der Waals surface area contributed by atoms with Crippen LogP contribution in [0.2, 0.25) is 0 Å². The molecule has 0 saturated carbocycles. The Hall–Kier alpha value is -1.62. The predicted octanol–water partition coefficient (Wildman–Crippen LogP) is 2.36. The third kappa shape index (κ3) is 5.48. The van der Waals surface area contributed by atoms with Gasteiger partial charge in [0.15, 0.2) is 5.96 Å². The Morgan fingerprint density at radius 1 is 1.25 bits per heavy atom. The number of aryl methyl sites for hydroxylation is 1. The van der Waals surface area contributed by atoms with E-state index in [1.807, 2.05) is 19.4 Å². The highest BCUT2D eigenvalue weighted by Crippen LogP contribution is 2.19. The summed E-state index contributed by atoms with van der Waals surface area (Å²) in [6.45, 7) is 10.9. The van der Waals surface area contributed by atoms with Crippen LogP contribution in [0.15, 0.2) is 23.5 Å². The van der Waals surface area contributed by atoms with Gasteiger partial charge < -0.3 is 10.6 Å². The molecule has 134 valence electrons. The quantitative estimate of drug-likeness (QED) is 0.621. The van der Waals surface area contributed by atoms with Gasteiger partial charge in [-0.2, -0.15) is 0 Å². The molecule has 0 bridgehead atoms. The van der Waals surface area contributed by atoms with Gasteiger partial charge in [-0.15, -0.1) is 0 Å².